The lowest BCUT2D eigenvalue weighted by molar-refractivity contribution is -0.143. The minimum Gasteiger partial charge on any atom is -0.465 e. The maximum absolute atomic E-state index is 11.3. The monoisotopic (exact) mass is 412 g/mol. The van der Waals surface area contributed by atoms with E-state index >= 15 is 0 Å². The predicted molar refractivity (Wildman–Crippen MR) is 127 cm³/mol. The molecule has 3 heteroatoms. The first kappa shape index (κ1) is 27.6. The quantitative estimate of drug-likeness (QED) is 0.0835. The summed E-state index contributed by atoms with van der Waals surface area (Å²) in [6, 6.07) is 0. The van der Waals surface area contributed by atoms with Crippen LogP contribution >= 0.6 is 12.6 Å². The number of carbonyl (C=O) groups excluding carboxylic acids is 1. The van der Waals surface area contributed by atoms with Gasteiger partial charge >= 0.3 is 5.97 Å². The Morgan fingerprint density at radius 2 is 1.11 bits per heavy atom. The Bertz CT molecular complexity index is 341. The largest absolute Gasteiger partial charge is 0.465 e. The number of hydrogen-bond donors (Lipinski definition) is 1. The highest BCUT2D eigenvalue weighted by Gasteiger charge is 2.01. The van der Waals surface area contributed by atoms with E-state index in [1.165, 1.54) is 103 Å². The SMILES string of the molecule is CCCCC/C=C/CCCCCCCCCCCCCCCC(=O)OCCS. The van der Waals surface area contributed by atoms with E-state index in [1.807, 2.05) is 0 Å². The molecule has 0 saturated heterocycles. The molecular formula is C25H48O2S. The third-order valence-corrected chi connectivity index (χ3v) is 5.43. The topological polar surface area (TPSA) is 26.3 Å². The van der Waals surface area contributed by atoms with E-state index in [0.717, 1.165) is 12.8 Å². The van der Waals surface area contributed by atoms with Crippen LogP contribution in [0.15, 0.2) is 12.2 Å². The van der Waals surface area contributed by atoms with Crippen LogP contribution in [0.4, 0.5) is 0 Å². The number of allylic oxidation sites excluding steroid dienone is 2. The van der Waals surface area contributed by atoms with Gasteiger partial charge in [-0.3, -0.25) is 4.79 Å². The lowest BCUT2D eigenvalue weighted by atomic mass is 10.0. The summed E-state index contributed by atoms with van der Waals surface area (Å²) in [7, 11) is 0. The van der Waals surface area contributed by atoms with E-state index in [4.69, 9.17) is 4.74 Å². The molecule has 0 N–H and O–H groups in total. The number of unbranched alkanes of at least 4 members (excludes halogenated alkanes) is 16. The number of esters is 1. The maximum Gasteiger partial charge on any atom is 0.305 e. The molecule has 0 aromatic heterocycles. The van der Waals surface area contributed by atoms with Crippen LogP contribution in [0.1, 0.15) is 129 Å². The number of ether oxygens (including phenoxy) is 1. The maximum atomic E-state index is 11.3. The molecule has 0 radical (unpaired) electrons. The molecule has 0 aliphatic carbocycles. The van der Waals surface area contributed by atoms with Crippen molar-refractivity contribution < 1.29 is 9.53 Å². The van der Waals surface area contributed by atoms with Crippen LogP contribution in [0.3, 0.4) is 0 Å². The van der Waals surface area contributed by atoms with Gasteiger partial charge in [-0.25, -0.2) is 0 Å². The highest BCUT2D eigenvalue weighted by molar-refractivity contribution is 7.80. The Morgan fingerprint density at radius 3 is 1.57 bits per heavy atom. The third kappa shape index (κ3) is 23.6. The lowest BCUT2D eigenvalue weighted by Gasteiger charge is -2.04. The zero-order chi connectivity index (χ0) is 20.5. The Balaban J connectivity index is 3.09. The summed E-state index contributed by atoms with van der Waals surface area (Å²) >= 11 is 4.03. The van der Waals surface area contributed by atoms with Crippen molar-refractivity contribution in [3.63, 3.8) is 0 Å². The molecule has 0 aromatic rings. The first-order valence-electron chi connectivity index (χ1n) is 12.2. The molecule has 0 saturated carbocycles. The van der Waals surface area contributed by atoms with Gasteiger partial charge in [0.2, 0.25) is 0 Å². The van der Waals surface area contributed by atoms with Crippen molar-refractivity contribution in [1.82, 2.24) is 0 Å². The Labute approximate surface area is 181 Å². The van der Waals surface area contributed by atoms with Crippen LogP contribution in [0.5, 0.6) is 0 Å². The zero-order valence-corrected chi connectivity index (χ0v) is 19.7. The fourth-order valence-electron chi connectivity index (χ4n) is 3.46. The van der Waals surface area contributed by atoms with Gasteiger partial charge < -0.3 is 4.74 Å². The van der Waals surface area contributed by atoms with Gasteiger partial charge in [-0.05, 0) is 32.1 Å². The van der Waals surface area contributed by atoms with Gasteiger partial charge in [0.1, 0.15) is 6.61 Å². The van der Waals surface area contributed by atoms with Gasteiger partial charge in [0.15, 0.2) is 0 Å². The van der Waals surface area contributed by atoms with E-state index in [2.05, 4.69) is 31.7 Å². The van der Waals surface area contributed by atoms with E-state index in [9.17, 15) is 4.79 Å². The van der Waals surface area contributed by atoms with Crippen molar-refractivity contribution in [3.8, 4) is 0 Å². The molecule has 0 unspecified atom stereocenters. The first-order valence-corrected chi connectivity index (χ1v) is 12.9. The van der Waals surface area contributed by atoms with Crippen LogP contribution in [0, 0.1) is 0 Å². The molecule has 2 nitrogen and oxygen atoms in total. The van der Waals surface area contributed by atoms with Crippen LogP contribution < -0.4 is 0 Å². The van der Waals surface area contributed by atoms with Crippen LogP contribution in [-0.4, -0.2) is 18.3 Å². The molecule has 166 valence electrons. The molecule has 0 aliphatic rings. The molecule has 0 aromatic carbocycles. The molecule has 0 spiro atoms. The second kappa shape index (κ2) is 24.6. The van der Waals surface area contributed by atoms with Gasteiger partial charge in [-0.1, -0.05) is 103 Å². The summed E-state index contributed by atoms with van der Waals surface area (Å²) in [6.45, 7) is 2.71. The third-order valence-electron chi connectivity index (χ3n) is 5.25. The smallest absolute Gasteiger partial charge is 0.305 e. The molecule has 0 rings (SSSR count). The number of rotatable bonds is 22. The fraction of sp³-hybridized carbons (Fsp3) is 0.880. The van der Waals surface area contributed by atoms with Crippen molar-refractivity contribution in [2.75, 3.05) is 12.4 Å². The molecule has 0 atom stereocenters. The standard InChI is InChI=1S/C25H48O2S/c1-2-3-4-5-6-7-8-9-10-11-12-13-14-15-16-17-18-19-20-21-22-25(26)27-23-24-28/h6-7,28H,2-5,8-24H2,1H3/b7-6+. The summed E-state index contributed by atoms with van der Waals surface area (Å²) < 4.78 is 5.01. The minimum absolute atomic E-state index is 0.0621. The Hall–Kier alpha value is -0.440. The minimum atomic E-state index is -0.0621. The first-order chi connectivity index (χ1) is 13.8. The summed E-state index contributed by atoms with van der Waals surface area (Å²) in [6.07, 6.45) is 29.2. The predicted octanol–water partition coefficient (Wildman–Crippen LogP) is 8.45. The lowest BCUT2D eigenvalue weighted by Crippen LogP contribution is -2.06. The molecule has 0 amide bonds. The van der Waals surface area contributed by atoms with Gasteiger partial charge in [0.05, 0.1) is 0 Å². The normalized spacial score (nSPS) is 11.4. The second-order valence-corrected chi connectivity index (χ2v) is 8.49. The average Bonchev–Trinajstić information content (AvgIpc) is 2.70. The second-order valence-electron chi connectivity index (χ2n) is 8.05. The van der Waals surface area contributed by atoms with E-state index in [-0.39, 0.29) is 5.97 Å². The van der Waals surface area contributed by atoms with Crippen LogP contribution in [-0.2, 0) is 9.53 Å². The Morgan fingerprint density at radius 1 is 0.679 bits per heavy atom. The molecule has 0 bridgehead atoms. The summed E-state index contributed by atoms with van der Waals surface area (Å²) in [5, 5.41) is 0. The van der Waals surface area contributed by atoms with E-state index in [1.54, 1.807) is 0 Å². The van der Waals surface area contributed by atoms with Gasteiger partial charge in [0.25, 0.3) is 0 Å². The van der Waals surface area contributed by atoms with Crippen molar-refractivity contribution in [2.45, 2.75) is 129 Å². The molecule has 0 fully saturated rings. The number of hydrogen-bond acceptors (Lipinski definition) is 3. The number of carbonyl (C=O) groups is 1. The summed E-state index contributed by atoms with van der Waals surface area (Å²) in [4.78, 5) is 11.3. The molecular weight excluding hydrogens is 364 g/mol. The van der Waals surface area contributed by atoms with Crippen molar-refractivity contribution >= 4 is 18.6 Å². The highest BCUT2D eigenvalue weighted by Crippen LogP contribution is 2.13. The molecule has 0 aliphatic heterocycles. The van der Waals surface area contributed by atoms with Crippen LogP contribution in [0.25, 0.3) is 0 Å². The van der Waals surface area contributed by atoms with Crippen LogP contribution in [0.2, 0.25) is 0 Å². The van der Waals surface area contributed by atoms with E-state index < -0.39 is 0 Å². The zero-order valence-electron chi connectivity index (χ0n) is 18.8. The van der Waals surface area contributed by atoms with Crippen molar-refractivity contribution in [2.24, 2.45) is 0 Å². The van der Waals surface area contributed by atoms with E-state index in [0.29, 0.717) is 18.8 Å². The Kier molecular flexibility index (Phi) is 24.2. The highest BCUT2D eigenvalue weighted by atomic mass is 32.1. The van der Waals surface area contributed by atoms with Gasteiger partial charge in [-0.2, -0.15) is 12.6 Å². The van der Waals surface area contributed by atoms with Gasteiger partial charge in [-0.15, -0.1) is 0 Å². The molecule has 28 heavy (non-hydrogen) atoms. The van der Waals surface area contributed by atoms with Crippen molar-refractivity contribution in [1.29, 1.82) is 0 Å². The van der Waals surface area contributed by atoms with Gasteiger partial charge in [0, 0.05) is 12.2 Å². The average molecular weight is 413 g/mol. The number of thiol groups is 1. The van der Waals surface area contributed by atoms with Crippen molar-refractivity contribution in [3.05, 3.63) is 12.2 Å². The fourth-order valence-corrected chi connectivity index (χ4v) is 3.55. The molecule has 0 heterocycles. The summed E-state index contributed by atoms with van der Waals surface area (Å²) in [5.74, 6) is 0.552. The summed E-state index contributed by atoms with van der Waals surface area (Å²) in [5.41, 5.74) is 0.